The van der Waals surface area contributed by atoms with E-state index >= 15 is 0 Å². The highest BCUT2D eigenvalue weighted by atomic mass is 16.5. The van der Waals surface area contributed by atoms with E-state index in [1.54, 1.807) is 12.3 Å². The summed E-state index contributed by atoms with van der Waals surface area (Å²) in [5.74, 6) is 0.459. The lowest BCUT2D eigenvalue weighted by Gasteiger charge is -2.16. The molecule has 6 heteroatoms. The topological polar surface area (TPSA) is 90.0 Å². The van der Waals surface area contributed by atoms with Crippen LogP contribution in [-0.2, 0) is 4.74 Å². The zero-order valence-electron chi connectivity index (χ0n) is 9.96. The van der Waals surface area contributed by atoms with Crippen molar-refractivity contribution in [3.05, 3.63) is 24.0 Å². The molecule has 0 aliphatic heterocycles. The molecule has 0 amide bonds. The fourth-order valence-corrected chi connectivity index (χ4v) is 1.27. The maximum Gasteiger partial charge on any atom is 0.173 e. The molecule has 0 aliphatic rings. The van der Waals surface area contributed by atoms with Crippen molar-refractivity contribution in [2.45, 2.75) is 20.0 Å². The predicted molar refractivity (Wildman–Crippen MR) is 63.3 cm³/mol. The molecule has 1 atom stereocenters. The van der Waals surface area contributed by atoms with Gasteiger partial charge in [0.15, 0.2) is 5.84 Å². The van der Waals surface area contributed by atoms with Gasteiger partial charge in [-0.3, -0.25) is 4.98 Å². The second kappa shape index (κ2) is 6.70. The maximum atomic E-state index is 8.65. The number of hydrogen-bond acceptors (Lipinski definition) is 5. The van der Waals surface area contributed by atoms with Gasteiger partial charge in [0.25, 0.3) is 0 Å². The van der Waals surface area contributed by atoms with Gasteiger partial charge < -0.3 is 20.4 Å². The first-order valence-electron chi connectivity index (χ1n) is 5.35. The summed E-state index contributed by atoms with van der Waals surface area (Å²) in [7, 11) is 0. The van der Waals surface area contributed by atoms with Gasteiger partial charge in [0.05, 0.1) is 18.4 Å². The Bertz CT molecular complexity index is 382. The van der Waals surface area contributed by atoms with Crippen molar-refractivity contribution in [2.75, 3.05) is 13.2 Å². The molecule has 0 saturated carbocycles. The van der Waals surface area contributed by atoms with Crippen LogP contribution in [0, 0.1) is 0 Å². The number of hydrogen-bond donors (Lipinski definition) is 2. The average molecular weight is 239 g/mol. The fourth-order valence-electron chi connectivity index (χ4n) is 1.27. The van der Waals surface area contributed by atoms with Crippen LogP contribution in [0.3, 0.4) is 0 Å². The zero-order valence-corrected chi connectivity index (χ0v) is 9.96. The van der Waals surface area contributed by atoms with Crippen molar-refractivity contribution in [2.24, 2.45) is 10.9 Å². The van der Waals surface area contributed by atoms with Crippen LogP contribution < -0.4 is 10.5 Å². The lowest BCUT2D eigenvalue weighted by Crippen LogP contribution is -2.22. The minimum absolute atomic E-state index is 0.00832. The highest BCUT2D eigenvalue weighted by molar-refractivity contribution is 5.99. The zero-order chi connectivity index (χ0) is 12.7. The summed E-state index contributed by atoms with van der Waals surface area (Å²) < 4.78 is 10.8. The van der Waals surface area contributed by atoms with Crippen LogP contribution >= 0.6 is 0 Å². The molecular weight excluding hydrogens is 222 g/mol. The van der Waals surface area contributed by atoms with Crippen LogP contribution in [-0.4, -0.2) is 35.3 Å². The Labute approximate surface area is 100 Å². The number of nitrogens with zero attached hydrogens (tertiary/aromatic N) is 2. The van der Waals surface area contributed by atoms with Crippen LogP contribution in [0.15, 0.2) is 23.6 Å². The Balaban J connectivity index is 2.76. The van der Waals surface area contributed by atoms with E-state index < -0.39 is 0 Å². The van der Waals surface area contributed by atoms with Crippen LogP contribution in [0.2, 0.25) is 0 Å². The lowest BCUT2D eigenvalue weighted by atomic mass is 10.2. The molecule has 1 aromatic heterocycles. The number of rotatable bonds is 6. The highest BCUT2D eigenvalue weighted by Crippen LogP contribution is 2.17. The summed E-state index contributed by atoms with van der Waals surface area (Å²) in [6.45, 7) is 4.90. The number of pyridine rings is 1. The number of aromatic nitrogens is 1. The highest BCUT2D eigenvalue weighted by Gasteiger charge is 2.11. The molecule has 17 heavy (non-hydrogen) atoms. The summed E-state index contributed by atoms with van der Waals surface area (Å²) in [5, 5.41) is 11.6. The van der Waals surface area contributed by atoms with Crippen molar-refractivity contribution >= 4 is 5.84 Å². The minimum Gasteiger partial charge on any atom is -0.486 e. The van der Waals surface area contributed by atoms with E-state index in [4.69, 9.17) is 20.4 Å². The molecule has 1 heterocycles. The predicted octanol–water partition coefficient (Wildman–Crippen LogP) is 0.980. The summed E-state index contributed by atoms with van der Waals surface area (Å²) in [5.41, 5.74) is 6.04. The third-order valence-corrected chi connectivity index (χ3v) is 2.05. The summed E-state index contributed by atoms with van der Waals surface area (Å²) in [6.07, 6.45) is 2.94. The van der Waals surface area contributed by atoms with Gasteiger partial charge in [0.2, 0.25) is 0 Å². The van der Waals surface area contributed by atoms with E-state index in [-0.39, 0.29) is 11.9 Å². The number of oxime groups is 1. The van der Waals surface area contributed by atoms with E-state index in [2.05, 4.69) is 10.1 Å². The molecule has 1 unspecified atom stereocenters. The number of nitrogens with two attached hydrogens (primary N) is 1. The molecule has 1 rings (SSSR count). The quantitative estimate of drug-likeness (QED) is 0.334. The molecule has 0 aliphatic carbocycles. The van der Waals surface area contributed by atoms with Gasteiger partial charge in [-0.25, -0.2) is 0 Å². The van der Waals surface area contributed by atoms with Gasteiger partial charge in [0, 0.05) is 12.8 Å². The Morgan fingerprint density at radius 3 is 3.06 bits per heavy atom. The summed E-state index contributed by atoms with van der Waals surface area (Å²) in [6, 6.07) is 1.62. The molecule has 0 aromatic carbocycles. The molecule has 0 spiro atoms. The standard InChI is InChI=1S/C11H17N3O3/c1-3-16-7-8(2)17-10-6-13-5-4-9(10)11(12)14-15/h4-6,8,15H,3,7H2,1-2H3,(H2,12,14). The second-order valence-corrected chi connectivity index (χ2v) is 3.45. The van der Waals surface area contributed by atoms with Gasteiger partial charge >= 0.3 is 0 Å². The third-order valence-electron chi connectivity index (χ3n) is 2.05. The Kier molecular flexibility index (Phi) is 5.22. The smallest absolute Gasteiger partial charge is 0.173 e. The first-order chi connectivity index (χ1) is 8.19. The molecule has 1 aromatic rings. The lowest BCUT2D eigenvalue weighted by molar-refractivity contribution is 0.0654. The van der Waals surface area contributed by atoms with Crippen molar-refractivity contribution in [3.63, 3.8) is 0 Å². The van der Waals surface area contributed by atoms with Crippen LogP contribution in [0.4, 0.5) is 0 Å². The normalized spacial score (nSPS) is 13.4. The number of amidine groups is 1. The van der Waals surface area contributed by atoms with Gasteiger partial charge in [0.1, 0.15) is 11.9 Å². The summed E-state index contributed by atoms with van der Waals surface area (Å²) in [4.78, 5) is 3.94. The Morgan fingerprint density at radius 2 is 2.41 bits per heavy atom. The third kappa shape index (κ3) is 3.92. The number of ether oxygens (including phenoxy) is 2. The monoisotopic (exact) mass is 239 g/mol. The largest absolute Gasteiger partial charge is 0.486 e. The molecule has 0 saturated heterocycles. The second-order valence-electron chi connectivity index (χ2n) is 3.45. The average Bonchev–Trinajstić information content (AvgIpc) is 2.36. The van der Waals surface area contributed by atoms with Crippen LogP contribution in [0.25, 0.3) is 0 Å². The molecular formula is C11H17N3O3. The Hall–Kier alpha value is -1.82. The van der Waals surface area contributed by atoms with Crippen LogP contribution in [0.1, 0.15) is 19.4 Å². The van der Waals surface area contributed by atoms with Crippen molar-refractivity contribution in [1.82, 2.24) is 4.98 Å². The van der Waals surface area contributed by atoms with Crippen molar-refractivity contribution < 1.29 is 14.7 Å². The Morgan fingerprint density at radius 1 is 1.65 bits per heavy atom. The molecule has 3 N–H and O–H groups in total. The van der Waals surface area contributed by atoms with Gasteiger partial charge in [-0.1, -0.05) is 5.16 Å². The first-order valence-corrected chi connectivity index (χ1v) is 5.35. The van der Waals surface area contributed by atoms with Gasteiger partial charge in [-0.2, -0.15) is 0 Å². The summed E-state index contributed by atoms with van der Waals surface area (Å²) >= 11 is 0. The van der Waals surface area contributed by atoms with E-state index in [0.29, 0.717) is 24.5 Å². The first kappa shape index (κ1) is 13.2. The fraction of sp³-hybridized carbons (Fsp3) is 0.455. The minimum atomic E-state index is -0.135. The van der Waals surface area contributed by atoms with Crippen LogP contribution in [0.5, 0.6) is 5.75 Å². The molecule has 0 bridgehead atoms. The maximum absolute atomic E-state index is 8.65. The van der Waals surface area contributed by atoms with E-state index in [1.165, 1.54) is 6.20 Å². The SMILES string of the molecule is CCOCC(C)Oc1cnccc1/C(N)=N/O. The van der Waals surface area contributed by atoms with E-state index in [9.17, 15) is 0 Å². The van der Waals surface area contributed by atoms with E-state index in [0.717, 1.165) is 0 Å². The molecule has 0 radical (unpaired) electrons. The van der Waals surface area contributed by atoms with Crippen molar-refractivity contribution in [1.29, 1.82) is 0 Å². The molecule has 0 fully saturated rings. The van der Waals surface area contributed by atoms with Crippen molar-refractivity contribution in [3.8, 4) is 5.75 Å². The van der Waals surface area contributed by atoms with Gasteiger partial charge in [-0.05, 0) is 19.9 Å². The molecule has 6 nitrogen and oxygen atoms in total. The molecule has 94 valence electrons. The van der Waals surface area contributed by atoms with E-state index in [1.807, 2.05) is 13.8 Å². The van der Waals surface area contributed by atoms with Gasteiger partial charge in [-0.15, -0.1) is 0 Å².